The predicted octanol–water partition coefficient (Wildman–Crippen LogP) is 20.2. The molecule has 0 aliphatic carbocycles. The van der Waals surface area contributed by atoms with E-state index in [0.29, 0.717) is 31.6 Å². The average Bonchev–Trinajstić information content (AvgIpc) is 2.57. The van der Waals surface area contributed by atoms with Crippen LogP contribution in [0.5, 0.6) is 0 Å². The van der Waals surface area contributed by atoms with Crippen LogP contribution in [0.2, 0.25) is 0 Å². The van der Waals surface area contributed by atoms with Crippen LogP contribution in [0.4, 0.5) is 0 Å². The van der Waals surface area contributed by atoms with Crippen LogP contribution in [-0.4, -0.2) is 96.7 Å². The molecule has 534 valence electrons. The highest BCUT2D eigenvalue weighted by atomic mass is 31.2. The minimum Gasteiger partial charge on any atom is -0.462 e. The zero-order valence-electron chi connectivity index (χ0n) is 58.6. The average molecular weight is 1330 g/mol. The van der Waals surface area contributed by atoms with Crippen molar-refractivity contribution >= 4 is 39.5 Å². The van der Waals surface area contributed by atoms with E-state index < -0.39 is 97.5 Å². The predicted molar refractivity (Wildman–Crippen MR) is 363 cm³/mol. The first-order valence-electron chi connectivity index (χ1n) is 36.8. The Bertz CT molecular complexity index is 1770. The number of phosphoric acid groups is 2. The third-order valence-corrected chi connectivity index (χ3v) is 18.3. The molecule has 90 heavy (non-hydrogen) atoms. The van der Waals surface area contributed by atoms with Crippen LogP contribution in [0, 0.1) is 17.8 Å². The molecule has 19 heteroatoms. The van der Waals surface area contributed by atoms with Crippen LogP contribution in [0.25, 0.3) is 0 Å². The molecule has 0 rings (SSSR count). The van der Waals surface area contributed by atoms with Crippen molar-refractivity contribution in [1.29, 1.82) is 0 Å². The van der Waals surface area contributed by atoms with Crippen molar-refractivity contribution < 1.29 is 80.2 Å². The summed E-state index contributed by atoms with van der Waals surface area (Å²) in [5, 5.41) is 10.6. The minimum atomic E-state index is -4.95. The lowest BCUT2D eigenvalue weighted by Gasteiger charge is -2.21. The number of phosphoric ester groups is 2. The molecular weight excluding hydrogens is 1190 g/mol. The zero-order valence-corrected chi connectivity index (χ0v) is 60.4. The molecule has 0 aliphatic rings. The molecule has 0 aromatic carbocycles. The number of esters is 4. The van der Waals surface area contributed by atoms with Crippen molar-refractivity contribution in [3.8, 4) is 0 Å². The normalized spacial score (nSPS) is 14.2. The van der Waals surface area contributed by atoms with Crippen LogP contribution in [0.15, 0.2) is 0 Å². The molecule has 0 fully saturated rings. The fourth-order valence-electron chi connectivity index (χ4n) is 10.7. The largest absolute Gasteiger partial charge is 0.472 e. The summed E-state index contributed by atoms with van der Waals surface area (Å²) in [7, 11) is -9.90. The van der Waals surface area contributed by atoms with E-state index in [0.717, 1.165) is 108 Å². The minimum absolute atomic E-state index is 0.105. The van der Waals surface area contributed by atoms with E-state index in [2.05, 4.69) is 48.5 Å². The molecule has 0 spiro atoms. The van der Waals surface area contributed by atoms with Gasteiger partial charge in [0.15, 0.2) is 12.2 Å². The number of carbonyl (C=O) groups is 4. The van der Waals surface area contributed by atoms with Gasteiger partial charge < -0.3 is 33.8 Å². The Balaban J connectivity index is 5.20. The second-order valence-electron chi connectivity index (χ2n) is 27.1. The van der Waals surface area contributed by atoms with Gasteiger partial charge in [0.1, 0.15) is 19.3 Å². The lowest BCUT2D eigenvalue weighted by molar-refractivity contribution is -0.161. The highest BCUT2D eigenvalue weighted by Crippen LogP contribution is 2.45. The van der Waals surface area contributed by atoms with E-state index in [1.54, 1.807) is 0 Å². The number of hydrogen-bond acceptors (Lipinski definition) is 15. The summed E-state index contributed by atoms with van der Waals surface area (Å²) in [6, 6.07) is 0. The van der Waals surface area contributed by atoms with Crippen LogP contribution in [-0.2, 0) is 65.4 Å². The maximum Gasteiger partial charge on any atom is 0.472 e. The number of rotatable bonds is 69. The Hall–Kier alpha value is -1.94. The van der Waals surface area contributed by atoms with Crippen LogP contribution < -0.4 is 0 Å². The lowest BCUT2D eigenvalue weighted by atomic mass is 10.0. The first-order valence-corrected chi connectivity index (χ1v) is 39.8. The van der Waals surface area contributed by atoms with Gasteiger partial charge in [-0.05, 0) is 43.4 Å². The first kappa shape index (κ1) is 88.1. The third-order valence-electron chi connectivity index (χ3n) is 16.4. The fourth-order valence-corrected chi connectivity index (χ4v) is 12.3. The van der Waals surface area contributed by atoms with Crippen LogP contribution in [0.1, 0.15) is 357 Å². The number of unbranched alkanes of at least 4 members (excludes halogenated alkanes) is 37. The van der Waals surface area contributed by atoms with E-state index in [1.807, 2.05) is 0 Å². The van der Waals surface area contributed by atoms with Crippen molar-refractivity contribution in [2.24, 2.45) is 17.8 Å². The first-order chi connectivity index (χ1) is 43.2. The molecule has 0 aromatic rings. The molecule has 3 N–H and O–H groups in total. The molecule has 0 amide bonds. The van der Waals surface area contributed by atoms with Crippen molar-refractivity contribution in [3.63, 3.8) is 0 Å². The molecule has 0 saturated heterocycles. The number of aliphatic hydroxyl groups is 1. The quantitative estimate of drug-likeness (QED) is 0.0222. The second kappa shape index (κ2) is 61.9. The zero-order chi connectivity index (χ0) is 66.6. The summed E-state index contributed by atoms with van der Waals surface area (Å²) in [6.07, 6.45) is 46.0. The molecule has 0 aliphatic heterocycles. The van der Waals surface area contributed by atoms with Gasteiger partial charge in [0.25, 0.3) is 0 Å². The molecule has 0 aromatic heterocycles. The Morgan fingerprint density at radius 1 is 0.300 bits per heavy atom. The Morgan fingerprint density at radius 3 is 0.756 bits per heavy atom. The molecule has 0 saturated carbocycles. The Kier molecular flexibility index (Phi) is 60.6. The summed E-state index contributed by atoms with van der Waals surface area (Å²) in [5.41, 5.74) is 0. The van der Waals surface area contributed by atoms with Crippen molar-refractivity contribution in [1.82, 2.24) is 0 Å². The van der Waals surface area contributed by atoms with E-state index in [-0.39, 0.29) is 25.7 Å². The standard InChI is InChI=1S/C71H138O17P2/c1-8-9-10-11-12-13-25-31-40-47-54-70(75)88-67(59-82-69(74)53-46-39-34-33-37-44-51-64(6)7)61-86-90(79,80)84-57-65(72)56-83-89(77,78)85-60-66(58-81-68(73)52-45-38-30-27-22-24-29-36-43-50-63(4)5)87-71(76)55-48-41-32-26-21-19-17-15-14-16-18-20-23-28-35-42-49-62(2)3/h62-67,72H,8-61H2,1-7H3,(H,77,78)(H,79,80)/t65-,66-,67-/m1/s1. The summed E-state index contributed by atoms with van der Waals surface area (Å²) in [6.45, 7) is 11.8. The summed E-state index contributed by atoms with van der Waals surface area (Å²) in [5.74, 6) is 0.105. The van der Waals surface area contributed by atoms with Gasteiger partial charge in [0.2, 0.25) is 0 Å². The number of aliphatic hydroxyl groups excluding tert-OH is 1. The SMILES string of the molecule is CCCCCCCCCCCCC(=O)O[C@H](COC(=O)CCCCCCCCC(C)C)COP(=O)(O)OC[C@H](O)COP(=O)(O)OC[C@@H](COC(=O)CCCCCCCCCCCC(C)C)OC(=O)CCCCCCCCCCCCCCCCCCC(C)C. The van der Waals surface area contributed by atoms with Crippen LogP contribution in [0.3, 0.4) is 0 Å². The van der Waals surface area contributed by atoms with Crippen molar-refractivity contribution in [3.05, 3.63) is 0 Å². The van der Waals surface area contributed by atoms with Gasteiger partial charge in [-0.2, -0.15) is 0 Å². The molecule has 0 bridgehead atoms. The summed E-state index contributed by atoms with van der Waals surface area (Å²) in [4.78, 5) is 72.5. The van der Waals surface area contributed by atoms with Crippen molar-refractivity contribution in [2.45, 2.75) is 375 Å². The highest BCUT2D eigenvalue weighted by Gasteiger charge is 2.30. The summed E-state index contributed by atoms with van der Waals surface area (Å²) >= 11 is 0. The molecule has 0 radical (unpaired) electrons. The van der Waals surface area contributed by atoms with E-state index in [1.165, 1.54) is 161 Å². The van der Waals surface area contributed by atoms with Gasteiger partial charge in [-0.25, -0.2) is 9.13 Å². The topological polar surface area (TPSA) is 237 Å². The molecule has 0 heterocycles. The van der Waals surface area contributed by atoms with Gasteiger partial charge in [0, 0.05) is 25.7 Å². The Labute approximate surface area is 549 Å². The van der Waals surface area contributed by atoms with Gasteiger partial charge in [-0.1, -0.05) is 305 Å². The number of hydrogen-bond donors (Lipinski definition) is 3. The lowest BCUT2D eigenvalue weighted by Crippen LogP contribution is -2.30. The van der Waals surface area contributed by atoms with Crippen molar-refractivity contribution in [2.75, 3.05) is 39.6 Å². The maximum absolute atomic E-state index is 13.0. The van der Waals surface area contributed by atoms with E-state index >= 15 is 0 Å². The van der Waals surface area contributed by atoms with Gasteiger partial charge in [-0.15, -0.1) is 0 Å². The van der Waals surface area contributed by atoms with E-state index in [4.69, 9.17) is 37.0 Å². The summed E-state index contributed by atoms with van der Waals surface area (Å²) < 4.78 is 68.2. The third kappa shape index (κ3) is 64.8. The number of carbonyl (C=O) groups excluding carboxylic acids is 4. The van der Waals surface area contributed by atoms with Gasteiger partial charge in [0.05, 0.1) is 26.4 Å². The van der Waals surface area contributed by atoms with Crippen LogP contribution >= 0.6 is 15.6 Å². The molecule has 5 atom stereocenters. The highest BCUT2D eigenvalue weighted by molar-refractivity contribution is 7.47. The molecular formula is C71H138O17P2. The smallest absolute Gasteiger partial charge is 0.462 e. The van der Waals surface area contributed by atoms with Gasteiger partial charge in [-0.3, -0.25) is 37.3 Å². The molecule has 17 nitrogen and oxygen atoms in total. The number of ether oxygens (including phenoxy) is 4. The monoisotopic (exact) mass is 1320 g/mol. The fraction of sp³-hybridized carbons (Fsp3) is 0.944. The Morgan fingerprint density at radius 2 is 0.511 bits per heavy atom. The second-order valence-corrected chi connectivity index (χ2v) is 30.0. The maximum atomic E-state index is 13.0. The van der Waals surface area contributed by atoms with E-state index in [9.17, 15) is 43.2 Å². The molecule has 2 unspecified atom stereocenters. The van der Waals surface area contributed by atoms with Gasteiger partial charge >= 0.3 is 39.5 Å².